The van der Waals surface area contributed by atoms with Crippen LogP contribution in [0.15, 0.2) is 75.9 Å². The lowest BCUT2D eigenvalue weighted by molar-refractivity contribution is -0.137. The van der Waals surface area contributed by atoms with Crippen LogP contribution in [-0.2, 0) is 27.1 Å². The van der Waals surface area contributed by atoms with Crippen molar-refractivity contribution in [3.63, 3.8) is 0 Å². The van der Waals surface area contributed by atoms with Crippen LogP contribution >= 0.6 is 34.4 Å². The molecule has 1 saturated heterocycles. The predicted octanol–water partition coefficient (Wildman–Crippen LogP) is 5.56. The molecule has 1 fully saturated rings. The van der Waals surface area contributed by atoms with Crippen molar-refractivity contribution < 1.29 is 31.9 Å². The highest BCUT2D eigenvalue weighted by Gasteiger charge is 2.58. The van der Waals surface area contributed by atoms with E-state index in [4.69, 9.17) is 0 Å². The summed E-state index contributed by atoms with van der Waals surface area (Å²) >= 11 is 3.03. The number of alkyl halides is 3. The number of hydrogen-bond donors (Lipinski definition) is 1. The molecule has 2 aliphatic rings. The average molecular weight is 620 g/mol. The quantitative estimate of drug-likeness (QED) is 0.233. The van der Waals surface area contributed by atoms with Crippen molar-refractivity contribution in [2.75, 3.05) is 10.2 Å². The molecule has 0 bridgehead atoms. The van der Waals surface area contributed by atoms with Gasteiger partial charge in [0.25, 0.3) is 0 Å². The molecule has 2 aromatic carbocycles. The Morgan fingerprint density at radius 3 is 2.37 bits per heavy atom. The Hall–Kier alpha value is -3.75. The van der Waals surface area contributed by atoms with Crippen LogP contribution in [0.3, 0.4) is 0 Å². The van der Waals surface area contributed by atoms with E-state index in [1.165, 1.54) is 52.3 Å². The van der Waals surface area contributed by atoms with Gasteiger partial charge >= 0.3 is 11.0 Å². The van der Waals surface area contributed by atoms with Gasteiger partial charge in [-0.25, -0.2) is 9.29 Å². The topological polar surface area (TPSA) is 88.5 Å². The van der Waals surface area contributed by atoms with E-state index in [1.54, 1.807) is 17.5 Å². The minimum Gasteiger partial charge on any atom is -0.325 e. The molecule has 1 N–H and O–H groups in total. The predicted molar refractivity (Wildman–Crippen MR) is 147 cm³/mol. The maximum atomic E-state index is 13.8. The van der Waals surface area contributed by atoms with Crippen molar-refractivity contribution in [2.45, 2.75) is 28.9 Å². The lowest BCUT2D eigenvalue weighted by atomic mass is 9.87. The summed E-state index contributed by atoms with van der Waals surface area (Å²) in [4.78, 5) is 54.7. The number of thiophene rings is 1. The number of nitrogens with one attached hydrogen (secondary N) is 1. The molecule has 0 saturated carbocycles. The van der Waals surface area contributed by atoms with Gasteiger partial charge in [-0.15, -0.1) is 11.3 Å². The first kappa shape index (κ1) is 27.4. The van der Waals surface area contributed by atoms with Crippen LogP contribution in [-0.4, -0.2) is 27.5 Å². The maximum absolute atomic E-state index is 13.8. The van der Waals surface area contributed by atoms with E-state index in [-0.39, 0.29) is 0 Å². The average Bonchev–Trinajstić information content (AvgIpc) is 3.62. The molecule has 2 unspecified atom stereocenters. The molecule has 0 spiro atoms. The number of carbonyl (C=O) groups is 3. The highest BCUT2D eigenvalue weighted by molar-refractivity contribution is 8.00. The fraction of sp³-hybridized carbons (Fsp3) is 0.185. The third-order valence-corrected chi connectivity index (χ3v) is 10.3. The molecular weight excluding hydrogens is 603 g/mol. The van der Waals surface area contributed by atoms with E-state index in [9.17, 15) is 36.7 Å². The number of hydrogen-bond acceptors (Lipinski definition) is 7. The number of para-hydroxylation sites is 1. The molecule has 0 radical (unpaired) electrons. The van der Waals surface area contributed by atoms with E-state index in [1.807, 2.05) is 0 Å². The van der Waals surface area contributed by atoms with E-state index in [0.717, 1.165) is 35.2 Å². The van der Waals surface area contributed by atoms with Crippen LogP contribution in [0.5, 0.6) is 0 Å². The standard InChI is InChI=1S/C27H17F4N3O4S3/c28-13-7-9-14(10-8-13)32-18(35)12-33-25-22(41-26(33)38)19(17-6-3-11-39-17)20-21(40-25)24(37)34(23(20)36)16-5-2-1-4-15(16)27(29,30)31/h1-11,19-21H,12H2,(H,32,35)/t19-,20?,21?/m1/s1. The maximum Gasteiger partial charge on any atom is 0.418 e. The molecule has 14 heteroatoms. The highest BCUT2D eigenvalue weighted by Crippen LogP contribution is 2.55. The second-order valence-electron chi connectivity index (χ2n) is 9.26. The zero-order chi connectivity index (χ0) is 29.1. The number of thioether (sulfide) groups is 1. The molecular formula is C27H17F4N3O4S3. The first-order chi connectivity index (χ1) is 19.5. The fourth-order valence-corrected chi connectivity index (χ4v) is 8.77. The van der Waals surface area contributed by atoms with Crippen molar-refractivity contribution in [3.8, 4) is 0 Å². The van der Waals surface area contributed by atoms with Gasteiger partial charge in [0, 0.05) is 21.4 Å². The van der Waals surface area contributed by atoms with Gasteiger partial charge in [0.05, 0.1) is 22.2 Å². The normalized spacial score (nSPS) is 20.2. The minimum absolute atomic E-state index is 0.306. The summed E-state index contributed by atoms with van der Waals surface area (Å²) in [5.41, 5.74) is -1.34. The second kappa shape index (κ2) is 10.3. The van der Waals surface area contributed by atoms with Crippen LogP contribution in [0.2, 0.25) is 0 Å². The van der Waals surface area contributed by atoms with E-state index < -0.39 is 69.5 Å². The van der Waals surface area contributed by atoms with Crippen molar-refractivity contribution in [2.24, 2.45) is 5.92 Å². The van der Waals surface area contributed by atoms with E-state index >= 15 is 0 Å². The Balaban J connectivity index is 1.40. The number of aromatic nitrogens is 1. The third-order valence-electron chi connectivity index (χ3n) is 6.78. The summed E-state index contributed by atoms with van der Waals surface area (Å²) in [5, 5.41) is 3.54. The first-order valence-electron chi connectivity index (χ1n) is 12.1. The Kier molecular flexibility index (Phi) is 6.86. The summed E-state index contributed by atoms with van der Waals surface area (Å²) in [5.74, 6) is -4.50. The van der Waals surface area contributed by atoms with E-state index in [2.05, 4.69) is 5.32 Å². The minimum atomic E-state index is -4.80. The largest absolute Gasteiger partial charge is 0.418 e. The number of nitrogens with zero attached hydrogens (tertiary/aromatic N) is 2. The number of halogens is 4. The fourth-order valence-electron chi connectivity index (χ4n) is 5.05. The number of anilines is 2. The van der Waals surface area contributed by atoms with E-state index in [0.29, 0.717) is 25.4 Å². The molecule has 4 heterocycles. The van der Waals surface area contributed by atoms with Crippen molar-refractivity contribution in [1.82, 2.24) is 4.57 Å². The smallest absolute Gasteiger partial charge is 0.325 e. The van der Waals surface area contributed by atoms with Crippen LogP contribution in [0.25, 0.3) is 0 Å². The molecule has 7 nitrogen and oxygen atoms in total. The molecule has 6 rings (SSSR count). The summed E-state index contributed by atoms with van der Waals surface area (Å²) in [7, 11) is 0. The number of carbonyl (C=O) groups excluding carboxylic acids is 3. The van der Waals surface area contributed by atoms with Gasteiger partial charge in [0.2, 0.25) is 17.7 Å². The number of amides is 3. The van der Waals surface area contributed by atoms with Gasteiger partial charge in [-0.05, 0) is 47.8 Å². The van der Waals surface area contributed by atoms with Gasteiger partial charge in [0.1, 0.15) is 17.6 Å². The third kappa shape index (κ3) is 4.79. The van der Waals surface area contributed by atoms with Gasteiger partial charge in [-0.1, -0.05) is 41.3 Å². The summed E-state index contributed by atoms with van der Waals surface area (Å²) < 4.78 is 56.0. The van der Waals surface area contributed by atoms with Crippen LogP contribution in [0.1, 0.15) is 21.2 Å². The van der Waals surface area contributed by atoms with Gasteiger partial charge in [-0.2, -0.15) is 13.2 Å². The van der Waals surface area contributed by atoms with Crippen LogP contribution < -0.4 is 15.1 Å². The molecule has 2 aromatic heterocycles. The molecule has 3 amide bonds. The van der Waals surface area contributed by atoms with Gasteiger partial charge in [0.15, 0.2) is 0 Å². The summed E-state index contributed by atoms with van der Waals surface area (Å²) in [6.07, 6.45) is -4.80. The SMILES string of the molecule is O=C(Cn1c2c(sc1=O)[C@H](c1cccs1)C1C(=O)N(c3ccccc3C(F)(F)F)C(=O)C1S2)Nc1ccc(F)cc1. The summed E-state index contributed by atoms with van der Waals surface area (Å²) in [6.45, 7) is -0.424. The molecule has 0 aliphatic carbocycles. The Bertz CT molecular complexity index is 1730. The number of benzene rings is 2. The highest BCUT2D eigenvalue weighted by atomic mass is 32.2. The number of rotatable bonds is 5. The zero-order valence-corrected chi connectivity index (χ0v) is 23.0. The monoisotopic (exact) mass is 619 g/mol. The lowest BCUT2D eigenvalue weighted by Crippen LogP contribution is -2.33. The Morgan fingerprint density at radius 1 is 0.951 bits per heavy atom. The lowest BCUT2D eigenvalue weighted by Gasteiger charge is -2.29. The number of fused-ring (bicyclic) bond motifs is 2. The Morgan fingerprint density at radius 2 is 1.68 bits per heavy atom. The van der Waals surface area contributed by atoms with Gasteiger partial charge < -0.3 is 5.32 Å². The van der Waals surface area contributed by atoms with Crippen LogP contribution in [0, 0.1) is 11.7 Å². The molecule has 41 heavy (non-hydrogen) atoms. The van der Waals surface area contributed by atoms with Crippen LogP contribution in [0.4, 0.5) is 28.9 Å². The van der Waals surface area contributed by atoms with Crippen molar-refractivity contribution in [1.29, 1.82) is 0 Å². The Labute approximate surface area is 241 Å². The first-order valence-corrected chi connectivity index (χ1v) is 14.6. The van der Waals surface area contributed by atoms with Gasteiger partial charge in [-0.3, -0.25) is 23.7 Å². The molecule has 3 atom stereocenters. The molecule has 4 aromatic rings. The number of imide groups is 1. The zero-order valence-electron chi connectivity index (χ0n) is 20.6. The molecule has 2 aliphatic heterocycles. The summed E-state index contributed by atoms with van der Waals surface area (Å²) in [6, 6.07) is 13.0. The second-order valence-corrected chi connectivity index (χ2v) is 12.4. The number of thiazole rings is 1. The van der Waals surface area contributed by atoms with Crippen molar-refractivity contribution in [3.05, 3.63) is 96.8 Å². The van der Waals surface area contributed by atoms with Crippen molar-refractivity contribution >= 4 is 63.5 Å². The molecule has 210 valence electrons.